The summed E-state index contributed by atoms with van der Waals surface area (Å²) in [6, 6.07) is 4.86. The summed E-state index contributed by atoms with van der Waals surface area (Å²) < 4.78 is 20.4. The summed E-state index contributed by atoms with van der Waals surface area (Å²) in [5.74, 6) is -1.62. The Bertz CT molecular complexity index is 1180. The van der Waals surface area contributed by atoms with Crippen LogP contribution in [0, 0.1) is 20.2 Å². The van der Waals surface area contributed by atoms with Crippen LogP contribution in [0.25, 0.3) is 0 Å². The van der Waals surface area contributed by atoms with Crippen LogP contribution in [0.2, 0.25) is 0 Å². The molecule has 2 N–H and O–H groups in total. The summed E-state index contributed by atoms with van der Waals surface area (Å²) >= 11 is 0. The molecule has 0 atom stereocenters. The number of nitro benzene ring substituents is 2. The average Bonchev–Trinajstić information content (AvgIpc) is 3.45. The van der Waals surface area contributed by atoms with E-state index in [9.17, 15) is 29.8 Å². The normalized spacial score (nSPS) is 13.3. The Hall–Kier alpha value is -5.28. The maximum absolute atomic E-state index is 11.9. The van der Waals surface area contributed by atoms with Gasteiger partial charge in [-0.25, -0.2) is 10.9 Å². The Labute approximate surface area is 188 Å². The third-order valence-electron chi connectivity index (χ3n) is 4.38. The fourth-order valence-electron chi connectivity index (χ4n) is 2.84. The second kappa shape index (κ2) is 9.07. The molecular formula is C18H12N6O10. The molecule has 0 fully saturated rings. The van der Waals surface area contributed by atoms with E-state index in [1.807, 2.05) is 10.9 Å². The number of carbonyl (C=O) groups is 2. The summed E-state index contributed by atoms with van der Waals surface area (Å²) in [6.07, 6.45) is 1.90. The molecule has 0 aliphatic carbocycles. The molecule has 0 saturated carbocycles. The number of amides is 2. The number of fused-ring (bicyclic) bond motifs is 2. The van der Waals surface area contributed by atoms with Crippen molar-refractivity contribution in [1.29, 1.82) is 0 Å². The molecule has 174 valence electrons. The van der Waals surface area contributed by atoms with E-state index in [1.165, 1.54) is 12.1 Å². The van der Waals surface area contributed by atoms with Crippen molar-refractivity contribution in [2.75, 3.05) is 13.6 Å². The molecule has 34 heavy (non-hydrogen) atoms. The minimum Gasteiger partial charge on any atom is -0.454 e. The van der Waals surface area contributed by atoms with Crippen LogP contribution in [0.3, 0.4) is 0 Å². The topological polar surface area (TPSA) is 206 Å². The second-order valence-electron chi connectivity index (χ2n) is 6.44. The zero-order valence-corrected chi connectivity index (χ0v) is 16.7. The Morgan fingerprint density at radius 3 is 1.44 bits per heavy atom. The first-order chi connectivity index (χ1) is 16.3. The maximum atomic E-state index is 11.9. The number of nitrogens with zero attached hydrogens (tertiary/aromatic N) is 4. The van der Waals surface area contributed by atoms with Crippen molar-refractivity contribution in [1.82, 2.24) is 10.9 Å². The quantitative estimate of drug-likeness (QED) is 0.258. The molecule has 0 aromatic heterocycles. The lowest BCUT2D eigenvalue weighted by Crippen LogP contribution is -2.35. The van der Waals surface area contributed by atoms with Crippen LogP contribution < -0.4 is 29.8 Å². The van der Waals surface area contributed by atoms with E-state index in [-0.39, 0.29) is 59.1 Å². The van der Waals surface area contributed by atoms with Gasteiger partial charge in [0.1, 0.15) is 0 Å². The first-order valence-corrected chi connectivity index (χ1v) is 9.16. The van der Waals surface area contributed by atoms with Crippen LogP contribution in [-0.4, -0.2) is 47.7 Å². The highest BCUT2D eigenvalue weighted by atomic mass is 16.7. The zero-order valence-electron chi connectivity index (χ0n) is 16.7. The van der Waals surface area contributed by atoms with Gasteiger partial charge in [-0.2, -0.15) is 10.2 Å². The minimum atomic E-state index is -1.25. The molecule has 16 nitrogen and oxygen atoms in total. The molecule has 0 radical (unpaired) electrons. The van der Waals surface area contributed by atoms with Crippen LogP contribution >= 0.6 is 0 Å². The molecule has 4 rings (SSSR count). The highest BCUT2D eigenvalue weighted by Crippen LogP contribution is 2.38. The molecule has 16 heteroatoms. The van der Waals surface area contributed by atoms with Crippen molar-refractivity contribution in [3.05, 3.63) is 55.6 Å². The molecule has 0 spiro atoms. The van der Waals surface area contributed by atoms with E-state index < -0.39 is 21.7 Å². The number of nitrogens with one attached hydrogen (secondary N) is 2. The third kappa shape index (κ3) is 4.49. The van der Waals surface area contributed by atoms with Crippen LogP contribution in [0.4, 0.5) is 11.4 Å². The predicted molar refractivity (Wildman–Crippen MR) is 110 cm³/mol. The van der Waals surface area contributed by atoms with Crippen LogP contribution in [0.5, 0.6) is 23.0 Å². The fourth-order valence-corrected chi connectivity index (χ4v) is 2.84. The molecule has 2 aromatic carbocycles. The zero-order chi connectivity index (χ0) is 24.2. The van der Waals surface area contributed by atoms with Gasteiger partial charge in [-0.3, -0.25) is 29.8 Å². The van der Waals surface area contributed by atoms with Crippen LogP contribution in [0.1, 0.15) is 11.1 Å². The van der Waals surface area contributed by atoms with E-state index >= 15 is 0 Å². The lowest BCUT2D eigenvalue weighted by atomic mass is 10.1. The van der Waals surface area contributed by atoms with Gasteiger partial charge in [0.15, 0.2) is 23.0 Å². The van der Waals surface area contributed by atoms with Gasteiger partial charge in [-0.1, -0.05) is 0 Å². The van der Waals surface area contributed by atoms with Crippen molar-refractivity contribution < 1.29 is 38.4 Å². The Kier molecular flexibility index (Phi) is 5.85. The van der Waals surface area contributed by atoms with Crippen LogP contribution in [-0.2, 0) is 9.59 Å². The molecule has 2 heterocycles. The van der Waals surface area contributed by atoms with Gasteiger partial charge < -0.3 is 18.9 Å². The molecular weight excluding hydrogens is 460 g/mol. The van der Waals surface area contributed by atoms with Gasteiger partial charge in [-0.15, -0.1) is 0 Å². The van der Waals surface area contributed by atoms with Gasteiger partial charge in [0, 0.05) is 0 Å². The number of carbonyl (C=O) groups excluding carboxylic acids is 2. The van der Waals surface area contributed by atoms with E-state index in [4.69, 9.17) is 18.9 Å². The summed E-state index contributed by atoms with van der Waals surface area (Å²) in [4.78, 5) is 44.8. The van der Waals surface area contributed by atoms with Crippen LogP contribution in [0.15, 0.2) is 34.5 Å². The summed E-state index contributed by atoms with van der Waals surface area (Å²) in [5, 5.41) is 29.5. The van der Waals surface area contributed by atoms with Crippen molar-refractivity contribution >= 4 is 35.6 Å². The van der Waals surface area contributed by atoms with Crippen molar-refractivity contribution in [2.45, 2.75) is 0 Å². The molecule has 0 saturated heterocycles. The monoisotopic (exact) mass is 472 g/mol. The lowest BCUT2D eigenvalue weighted by molar-refractivity contribution is -0.385. The van der Waals surface area contributed by atoms with Gasteiger partial charge in [0.2, 0.25) is 13.6 Å². The molecule has 2 amide bonds. The standard InChI is InChI=1S/C18H12N6O10/c25-17(21-19-5-9-1-13-15(33-7-31-13)3-11(9)23(27)28)18(26)22-20-6-10-2-14-16(34-8-32-14)4-12(10)24(29)30/h1-6H,7-8H2,(H,21,25)(H,22,26)/b19-5+,20-6+. The predicted octanol–water partition coefficient (Wildman–Crippen LogP) is 0.561. The second-order valence-corrected chi connectivity index (χ2v) is 6.44. The van der Waals surface area contributed by atoms with Gasteiger partial charge >= 0.3 is 11.8 Å². The summed E-state index contributed by atoms with van der Waals surface area (Å²) in [5.41, 5.74) is 3.02. The summed E-state index contributed by atoms with van der Waals surface area (Å²) in [7, 11) is 0. The number of hydrazone groups is 2. The number of hydrogen-bond acceptors (Lipinski definition) is 12. The number of nitro groups is 2. The highest BCUT2D eigenvalue weighted by molar-refractivity contribution is 6.35. The van der Waals surface area contributed by atoms with Crippen molar-refractivity contribution in [3.8, 4) is 23.0 Å². The largest absolute Gasteiger partial charge is 0.454 e. The molecule has 2 aromatic rings. The third-order valence-corrected chi connectivity index (χ3v) is 4.38. The smallest absolute Gasteiger partial charge is 0.331 e. The Morgan fingerprint density at radius 2 is 1.09 bits per heavy atom. The average molecular weight is 472 g/mol. The van der Waals surface area contributed by atoms with Gasteiger partial charge in [-0.05, 0) is 12.1 Å². The highest BCUT2D eigenvalue weighted by Gasteiger charge is 2.24. The first-order valence-electron chi connectivity index (χ1n) is 9.16. The fraction of sp³-hybridized carbons (Fsp3) is 0.111. The lowest BCUT2D eigenvalue weighted by Gasteiger charge is -2.02. The van der Waals surface area contributed by atoms with Gasteiger partial charge in [0.25, 0.3) is 11.4 Å². The number of benzene rings is 2. The molecule has 0 unspecified atom stereocenters. The Balaban J connectivity index is 1.39. The number of ether oxygens (including phenoxy) is 4. The molecule has 2 aliphatic heterocycles. The van der Waals surface area contributed by atoms with E-state index in [1.54, 1.807) is 0 Å². The summed E-state index contributed by atoms with van der Waals surface area (Å²) in [6.45, 7) is -0.195. The minimum absolute atomic E-state index is 0.0110. The maximum Gasteiger partial charge on any atom is 0.331 e. The SMILES string of the molecule is O=C(N/N=C/c1cc2c(cc1[N+](=O)[O-])OCO2)C(=O)N/N=C/c1cc2c(cc1[N+](=O)[O-])OCO2. The molecule has 2 aliphatic rings. The van der Waals surface area contributed by atoms with E-state index in [2.05, 4.69) is 10.2 Å². The van der Waals surface area contributed by atoms with Crippen molar-refractivity contribution in [3.63, 3.8) is 0 Å². The van der Waals surface area contributed by atoms with E-state index in [0.717, 1.165) is 24.6 Å². The number of rotatable bonds is 6. The molecule has 0 bridgehead atoms. The Morgan fingerprint density at radius 1 is 0.735 bits per heavy atom. The first kappa shape index (κ1) is 21.9. The van der Waals surface area contributed by atoms with E-state index in [0.29, 0.717) is 0 Å². The van der Waals surface area contributed by atoms with Crippen molar-refractivity contribution in [2.24, 2.45) is 10.2 Å². The number of hydrogen-bond donors (Lipinski definition) is 2. The van der Waals surface area contributed by atoms with Gasteiger partial charge in [0.05, 0.1) is 45.5 Å².